The van der Waals surface area contributed by atoms with Gasteiger partial charge in [-0.25, -0.2) is 0 Å². The summed E-state index contributed by atoms with van der Waals surface area (Å²) in [5.74, 6) is 0.815. The minimum absolute atomic E-state index is 0.0900. The topological polar surface area (TPSA) is 26.3 Å². The first kappa shape index (κ1) is 10.5. The minimum Gasteiger partial charge on any atom is -0.428 e. The summed E-state index contributed by atoms with van der Waals surface area (Å²) in [6.45, 7) is 3.61. The number of benzene rings is 1. The number of hydrogen-bond acceptors (Lipinski definition) is 2. The number of rotatable bonds is 3. The molecule has 0 unspecified atom stereocenters. The van der Waals surface area contributed by atoms with E-state index in [1.807, 2.05) is 19.1 Å². The molecule has 0 N–H and O–H groups in total. The average molecular weight is 290 g/mol. The Bertz CT molecular complexity index is 321. The van der Waals surface area contributed by atoms with E-state index in [4.69, 9.17) is 3.07 Å². The number of hydrogen-bond donors (Lipinski definition) is 0. The number of ketones is 1. The molecule has 1 aromatic rings. The molecule has 2 nitrogen and oxygen atoms in total. The van der Waals surface area contributed by atoms with Crippen LogP contribution in [0, 0.1) is 0 Å². The van der Waals surface area contributed by atoms with Crippen molar-refractivity contribution in [2.24, 2.45) is 0 Å². The second-order valence-corrected chi connectivity index (χ2v) is 3.25. The van der Waals surface area contributed by atoms with Crippen molar-refractivity contribution in [1.29, 1.82) is 0 Å². The Morgan fingerprint density at radius 1 is 1.54 bits per heavy atom. The lowest BCUT2D eigenvalue weighted by molar-refractivity contribution is 0.101. The Hall–Kier alpha value is -0.580. The molecular weight excluding hydrogens is 279 g/mol. The van der Waals surface area contributed by atoms with E-state index in [9.17, 15) is 4.79 Å². The van der Waals surface area contributed by atoms with Gasteiger partial charge in [-0.15, -0.1) is 0 Å². The number of carbonyl (C=O) groups excluding carboxylic acids is 1. The molecule has 0 fully saturated rings. The van der Waals surface area contributed by atoms with Gasteiger partial charge in [-0.3, -0.25) is 4.79 Å². The van der Waals surface area contributed by atoms with Gasteiger partial charge in [0.05, 0.1) is 0 Å². The van der Waals surface area contributed by atoms with Crippen LogP contribution in [0.25, 0.3) is 0 Å². The van der Waals surface area contributed by atoms with Crippen LogP contribution in [-0.2, 0) is 6.42 Å². The molecule has 70 valence electrons. The maximum Gasteiger partial charge on any atom is 0.192 e. The lowest BCUT2D eigenvalue weighted by Gasteiger charge is -2.05. The summed E-state index contributed by atoms with van der Waals surface area (Å²) in [6, 6.07) is 5.59. The van der Waals surface area contributed by atoms with Gasteiger partial charge in [-0.05, 0) is 31.0 Å². The van der Waals surface area contributed by atoms with Gasteiger partial charge in [-0.1, -0.05) is 13.0 Å². The van der Waals surface area contributed by atoms with Crippen LogP contribution in [0.3, 0.4) is 0 Å². The standard InChI is InChI=1S/C10H11IO2/c1-3-8-4-5-9(13-11)6-10(8)7(2)12/h4-6H,3H2,1-2H3. The number of aryl methyl sites for hydroxylation is 1. The predicted molar refractivity (Wildman–Crippen MR) is 60.5 cm³/mol. The zero-order valence-electron chi connectivity index (χ0n) is 7.63. The first-order valence-electron chi connectivity index (χ1n) is 4.11. The molecule has 0 saturated heterocycles. The third kappa shape index (κ3) is 2.43. The first-order chi connectivity index (χ1) is 6.19. The zero-order chi connectivity index (χ0) is 9.84. The number of carbonyl (C=O) groups is 1. The molecule has 1 aromatic carbocycles. The molecule has 0 aliphatic heterocycles. The number of Topliss-reactive ketones (excluding diaryl/α,β-unsaturated/α-hetero) is 1. The molecule has 1 rings (SSSR count). The van der Waals surface area contributed by atoms with Crippen molar-refractivity contribution < 1.29 is 7.86 Å². The van der Waals surface area contributed by atoms with Crippen molar-refractivity contribution in [3.63, 3.8) is 0 Å². The zero-order valence-corrected chi connectivity index (χ0v) is 9.79. The fraction of sp³-hybridized carbons (Fsp3) is 0.300. The molecule has 0 amide bonds. The molecule has 0 aliphatic rings. The Balaban J connectivity index is 3.18. The third-order valence-electron chi connectivity index (χ3n) is 1.93. The quantitative estimate of drug-likeness (QED) is 0.631. The SMILES string of the molecule is CCc1ccc(OI)cc1C(C)=O. The van der Waals surface area contributed by atoms with Crippen molar-refractivity contribution in [1.82, 2.24) is 0 Å². The van der Waals surface area contributed by atoms with Crippen LogP contribution in [0.4, 0.5) is 0 Å². The van der Waals surface area contributed by atoms with Crippen LogP contribution in [0.15, 0.2) is 18.2 Å². The van der Waals surface area contributed by atoms with Gasteiger partial charge in [0.1, 0.15) is 5.75 Å². The normalized spacial score (nSPS) is 9.77. The van der Waals surface area contributed by atoms with Crippen LogP contribution >= 0.6 is 23.0 Å². The van der Waals surface area contributed by atoms with E-state index in [-0.39, 0.29) is 5.78 Å². The van der Waals surface area contributed by atoms with Crippen LogP contribution in [0.1, 0.15) is 29.8 Å². The highest BCUT2D eigenvalue weighted by Gasteiger charge is 2.06. The molecule has 0 saturated carbocycles. The highest BCUT2D eigenvalue weighted by atomic mass is 127. The maximum atomic E-state index is 11.2. The van der Waals surface area contributed by atoms with E-state index >= 15 is 0 Å². The fourth-order valence-corrected chi connectivity index (χ4v) is 1.51. The molecule has 0 heterocycles. The van der Waals surface area contributed by atoms with E-state index in [1.54, 1.807) is 36.0 Å². The molecular formula is C10H11IO2. The largest absolute Gasteiger partial charge is 0.428 e. The molecule has 0 aliphatic carbocycles. The van der Waals surface area contributed by atoms with Crippen molar-refractivity contribution in [2.75, 3.05) is 0 Å². The first-order valence-corrected chi connectivity index (χ1v) is 4.99. The molecule has 3 heteroatoms. The van der Waals surface area contributed by atoms with Gasteiger partial charge in [0.15, 0.2) is 28.8 Å². The molecule has 0 radical (unpaired) electrons. The van der Waals surface area contributed by atoms with Crippen LogP contribution in [0.2, 0.25) is 0 Å². The van der Waals surface area contributed by atoms with Crippen molar-refractivity contribution in [3.8, 4) is 5.75 Å². The van der Waals surface area contributed by atoms with Crippen LogP contribution in [-0.4, -0.2) is 5.78 Å². The van der Waals surface area contributed by atoms with Gasteiger partial charge in [0.25, 0.3) is 0 Å². The Morgan fingerprint density at radius 3 is 2.69 bits per heavy atom. The highest BCUT2D eigenvalue weighted by molar-refractivity contribution is 14.1. The summed E-state index contributed by atoms with van der Waals surface area (Å²) in [6.07, 6.45) is 0.871. The molecule has 0 aromatic heterocycles. The minimum atomic E-state index is 0.0900. The second kappa shape index (κ2) is 4.60. The highest BCUT2D eigenvalue weighted by Crippen LogP contribution is 2.20. The summed E-state index contributed by atoms with van der Waals surface area (Å²) in [5, 5.41) is 0. The second-order valence-electron chi connectivity index (χ2n) is 2.81. The number of halogens is 1. The van der Waals surface area contributed by atoms with Crippen molar-refractivity contribution >= 4 is 28.8 Å². The molecule has 0 atom stereocenters. The summed E-state index contributed by atoms with van der Waals surface area (Å²) in [5.41, 5.74) is 1.83. The van der Waals surface area contributed by atoms with Crippen LogP contribution in [0.5, 0.6) is 5.75 Å². The lowest BCUT2D eigenvalue weighted by atomic mass is 10.0. The lowest BCUT2D eigenvalue weighted by Crippen LogP contribution is -1.98. The summed E-state index contributed by atoms with van der Waals surface area (Å²) < 4.78 is 5.02. The van der Waals surface area contributed by atoms with E-state index < -0.39 is 0 Å². The van der Waals surface area contributed by atoms with Gasteiger partial charge in [-0.2, -0.15) is 0 Å². The molecule has 13 heavy (non-hydrogen) atoms. The van der Waals surface area contributed by atoms with Crippen LogP contribution < -0.4 is 3.07 Å². The third-order valence-corrected chi connectivity index (χ3v) is 2.44. The molecule has 0 bridgehead atoms. The van der Waals surface area contributed by atoms with Gasteiger partial charge < -0.3 is 3.07 Å². The van der Waals surface area contributed by atoms with E-state index in [2.05, 4.69) is 0 Å². The van der Waals surface area contributed by atoms with Crippen molar-refractivity contribution in [2.45, 2.75) is 20.3 Å². The Morgan fingerprint density at radius 2 is 2.23 bits per heavy atom. The summed E-state index contributed by atoms with van der Waals surface area (Å²) in [7, 11) is 0. The van der Waals surface area contributed by atoms with Gasteiger partial charge >= 0.3 is 0 Å². The monoisotopic (exact) mass is 290 g/mol. The summed E-state index contributed by atoms with van der Waals surface area (Å²) in [4.78, 5) is 11.2. The van der Waals surface area contributed by atoms with Gasteiger partial charge in [0, 0.05) is 5.56 Å². The Kier molecular flexibility index (Phi) is 3.71. The summed E-state index contributed by atoms with van der Waals surface area (Å²) >= 11 is 1.81. The van der Waals surface area contributed by atoms with Crippen molar-refractivity contribution in [3.05, 3.63) is 29.3 Å². The molecule has 0 spiro atoms. The average Bonchev–Trinajstić information content (AvgIpc) is 2.16. The fourth-order valence-electron chi connectivity index (χ4n) is 1.24. The van der Waals surface area contributed by atoms with E-state index in [0.717, 1.165) is 23.3 Å². The van der Waals surface area contributed by atoms with Gasteiger partial charge in [0.2, 0.25) is 0 Å². The Labute approximate surface area is 92.0 Å². The smallest absolute Gasteiger partial charge is 0.192 e. The van der Waals surface area contributed by atoms with E-state index in [1.165, 1.54) is 0 Å². The predicted octanol–water partition coefficient (Wildman–Crippen LogP) is 3.18. The maximum absolute atomic E-state index is 11.2. The van der Waals surface area contributed by atoms with E-state index in [0.29, 0.717) is 0 Å².